The van der Waals surface area contributed by atoms with Gasteiger partial charge in [-0.3, -0.25) is 4.79 Å². The van der Waals surface area contributed by atoms with Gasteiger partial charge in [0.25, 0.3) is 0 Å². The molecule has 0 bridgehead atoms. The van der Waals surface area contributed by atoms with Crippen LogP contribution in [0.3, 0.4) is 0 Å². The molecule has 0 spiro atoms. The van der Waals surface area contributed by atoms with Crippen molar-refractivity contribution >= 4 is 11.6 Å². The Balaban J connectivity index is 1.61. The maximum absolute atomic E-state index is 13.0. The van der Waals surface area contributed by atoms with Crippen LogP contribution in [0.15, 0.2) is 42.5 Å². The normalized spacial score (nSPS) is 18.5. The van der Waals surface area contributed by atoms with E-state index in [1.807, 2.05) is 6.07 Å². The summed E-state index contributed by atoms with van der Waals surface area (Å²) in [7, 11) is 0. The van der Waals surface area contributed by atoms with Gasteiger partial charge < -0.3 is 14.8 Å². The molecule has 24 heavy (non-hydrogen) atoms. The second-order valence-corrected chi connectivity index (χ2v) is 6.28. The molecule has 2 aromatic carbocycles. The van der Waals surface area contributed by atoms with Gasteiger partial charge in [-0.05, 0) is 55.3 Å². The molecule has 5 heteroatoms. The first kappa shape index (κ1) is 15.1. The summed E-state index contributed by atoms with van der Waals surface area (Å²) in [6.45, 7) is 0.581. The van der Waals surface area contributed by atoms with Crippen molar-refractivity contribution < 1.29 is 18.7 Å². The molecule has 1 aliphatic carbocycles. The van der Waals surface area contributed by atoms with E-state index in [-0.39, 0.29) is 17.8 Å². The van der Waals surface area contributed by atoms with Crippen molar-refractivity contribution in [2.24, 2.45) is 0 Å². The monoisotopic (exact) mass is 326 g/mol. The lowest BCUT2D eigenvalue weighted by atomic mass is 9.77. The van der Waals surface area contributed by atoms with Gasteiger partial charge in [-0.15, -0.1) is 0 Å². The van der Waals surface area contributed by atoms with Crippen molar-refractivity contribution in [2.45, 2.75) is 24.4 Å². The molecule has 1 saturated carbocycles. The number of nitrogens with one attached hydrogen (secondary N) is 1. The molecule has 1 radical (unpaired) electrons. The lowest BCUT2D eigenvalue weighted by molar-refractivity contribution is -0.139. The van der Waals surface area contributed by atoms with Gasteiger partial charge in [0, 0.05) is 11.3 Å². The van der Waals surface area contributed by atoms with Gasteiger partial charge in [-0.25, -0.2) is 4.39 Å². The minimum absolute atomic E-state index is 0.180. The number of carbonyl (C=O) groups is 1. The van der Waals surface area contributed by atoms with Crippen LogP contribution in [0.25, 0.3) is 0 Å². The maximum atomic E-state index is 13.0. The van der Waals surface area contributed by atoms with E-state index in [0.717, 1.165) is 18.4 Å². The van der Waals surface area contributed by atoms with Crippen LogP contribution in [-0.4, -0.2) is 25.2 Å². The van der Waals surface area contributed by atoms with Crippen LogP contribution in [0.2, 0.25) is 0 Å². The molecule has 4 rings (SSSR count). The number of halogens is 1. The molecule has 4 nitrogen and oxygen atoms in total. The molecular formula is C19H17FNO3. The average Bonchev–Trinajstić information content (AvgIpc) is 3.34. The summed E-state index contributed by atoms with van der Waals surface area (Å²) in [6, 6.07) is 14.2. The minimum atomic E-state index is -0.795. The maximum Gasteiger partial charge on any atom is 0.239 e. The Hall–Kier alpha value is -2.40. The first-order chi connectivity index (χ1) is 11.7. The van der Waals surface area contributed by atoms with E-state index >= 15 is 0 Å². The van der Waals surface area contributed by atoms with Crippen LogP contribution in [-0.2, 0) is 14.9 Å². The molecule has 1 amide bonds. The molecule has 1 heterocycles. The topological polar surface area (TPSA) is 47.6 Å². The van der Waals surface area contributed by atoms with Gasteiger partial charge in [0.05, 0.1) is 19.3 Å². The number of benzene rings is 2. The number of anilines is 1. The first-order valence-corrected chi connectivity index (χ1v) is 7.99. The lowest BCUT2D eigenvalue weighted by Gasteiger charge is -2.40. The standard InChI is InChI=1S/C19H17FNO3/c20-13-5-7-14(8-6-13)21-18(22)19(11-23-12-19)16-3-1-2-4-17(16)24-15-9-10-15/h2-8,15H,9-12H2,(H,21,22). The Kier molecular flexibility index (Phi) is 3.73. The second kappa shape index (κ2) is 5.91. The Morgan fingerprint density at radius 1 is 1.25 bits per heavy atom. The summed E-state index contributed by atoms with van der Waals surface area (Å²) in [6.07, 6.45) is 2.33. The number of amides is 1. The van der Waals surface area contributed by atoms with Crippen LogP contribution >= 0.6 is 0 Å². The van der Waals surface area contributed by atoms with E-state index in [1.54, 1.807) is 24.3 Å². The fourth-order valence-electron chi connectivity index (χ4n) is 2.76. The zero-order chi connectivity index (χ0) is 16.6. The third-order valence-corrected chi connectivity index (χ3v) is 4.39. The first-order valence-electron chi connectivity index (χ1n) is 7.99. The number of hydrogen-bond donors (Lipinski definition) is 1. The minimum Gasteiger partial charge on any atom is -0.490 e. The number of hydrogen-bond acceptors (Lipinski definition) is 3. The molecule has 0 unspecified atom stereocenters. The van der Waals surface area contributed by atoms with E-state index in [9.17, 15) is 9.18 Å². The summed E-state index contributed by atoms with van der Waals surface area (Å²) in [4.78, 5) is 12.9. The highest BCUT2D eigenvalue weighted by molar-refractivity contribution is 6.00. The van der Waals surface area contributed by atoms with Crippen molar-refractivity contribution in [1.29, 1.82) is 0 Å². The van der Waals surface area contributed by atoms with Gasteiger partial charge in [0.2, 0.25) is 5.91 Å². The molecule has 2 fully saturated rings. The number of carbonyl (C=O) groups excluding carboxylic acids is 1. The lowest BCUT2D eigenvalue weighted by Crippen LogP contribution is -2.55. The van der Waals surface area contributed by atoms with E-state index in [1.165, 1.54) is 12.1 Å². The summed E-state index contributed by atoms with van der Waals surface area (Å²) >= 11 is 0. The summed E-state index contributed by atoms with van der Waals surface area (Å²) < 4.78 is 24.3. The van der Waals surface area contributed by atoms with Gasteiger partial charge >= 0.3 is 0 Å². The van der Waals surface area contributed by atoms with Crippen molar-refractivity contribution in [3.05, 3.63) is 59.9 Å². The van der Waals surface area contributed by atoms with Crippen molar-refractivity contribution in [3.8, 4) is 5.75 Å². The van der Waals surface area contributed by atoms with Crippen LogP contribution in [0.5, 0.6) is 5.75 Å². The highest BCUT2D eigenvalue weighted by atomic mass is 19.1. The van der Waals surface area contributed by atoms with Gasteiger partial charge in [0.1, 0.15) is 17.0 Å². The van der Waals surface area contributed by atoms with E-state index in [4.69, 9.17) is 9.47 Å². The Morgan fingerprint density at radius 3 is 2.62 bits per heavy atom. The van der Waals surface area contributed by atoms with E-state index in [0.29, 0.717) is 24.7 Å². The molecule has 1 N–H and O–H groups in total. The second-order valence-electron chi connectivity index (χ2n) is 6.28. The molecule has 1 aliphatic heterocycles. The zero-order valence-corrected chi connectivity index (χ0v) is 13.0. The fraction of sp³-hybridized carbons (Fsp3) is 0.316. The van der Waals surface area contributed by atoms with Crippen molar-refractivity contribution in [1.82, 2.24) is 0 Å². The largest absolute Gasteiger partial charge is 0.490 e. The van der Waals surface area contributed by atoms with Crippen LogP contribution in [0, 0.1) is 11.9 Å². The van der Waals surface area contributed by atoms with Crippen LogP contribution in [0.1, 0.15) is 18.4 Å². The average molecular weight is 326 g/mol. The third kappa shape index (κ3) is 2.76. The Labute approximate surface area is 139 Å². The predicted molar refractivity (Wildman–Crippen MR) is 86.5 cm³/mol. The van der Waals surface area contributed by atoms with Crippen LogP contribution in [0.4, 0.5) is 10.1 Å². The summed E-state index contributed by atoms with van der Waals surface area (Å²) in [5, 5.41) is 2.85. The fourth-order valence-corrected chi connectivity index (χ4v) is 2.76. The Morgan fingerprint density at radius 2 is 2.00 bits per heavy atom. The summed E-state index contributed by atoms with van der Waals surface area (Å²) in [5.74, 6) is 0.196. The van der Waals surface area contributed by atoms with E-state index < -0.39 is 5.41 Å². The van der Waals surface area contributed by atoms with Crippen molar-refractivity contribution in [2.75, 3.05) is 18.5 Å². The molecule has 2 aromatic rings. The highest BCUT2D eigenvalue weighted by Crippen LogP contribution is 2.40. The Bertz CT molecular complexity index is 751. The number of ether oxygens (including phenoxy) is 2. The quantitative estimate of drug-likeness (QED) is 0.918. The third-order valence-electron chi connectivity index (χ3n) is 4.39. The molecule has 0 atom stereocenters. The molecular weight excluding hydrogens is 309 g/mol. The smallest absolute Gasteiger partial charge is 0.239 e. The molecule has 2 aliphatic rings. The molecule has 0 aromatic heterocycles. The van der Waals surface area contributed by atoms with Gasteiger partial charge in [0.15, 0.2) is 0 Å². The zero-order valence-electron chi connectivity index (χ0n) is 13.0. The highest BCUT2D eigenvalue weighted by Gasteiger charge is 2.49. The van der Waals surface area contributed by atoms with Crippen LogP contribution < -0.4 is 10.1 Å². The van der Waals surface area contributed by atoms with Gasteiger partial charge in [-0.2, -0.15) is 0 Å². The van der Waals surface area contributed by atoms with Crippen molar-refractivity contribution in [3.63, 3.8) is 0 Å². The van der Waals surface area contributed by atoms with E-state index in [2.05, 4.69) is 11.4 Å². The SMILES string of the molecule is O=C(Nc1ccc(F)cc1)C1(c2c[c]ccc2OC2CC2)COC1. The molecule has 123 valence electrons. The van der Waals surface area contributed by atoms with Gasteiger partial charge in [-0.1, -0.05) is 6.07 Å². The predicted octanol–water partition coefficient (Wildman–Crippen LogP) is 3.07. The summed E-state index contributed by atoms with van der Waals surface area (Å²) in [5.41, 5.74) is 0.552. The molecule has 1 saturated heterocycles. The number of rotatable bonds is 5.